The zero-order valence-corrected chi connectivity index (χ0v) is 12.4. The molecule has 0 aromatic carbocycles. The van der Waals surface area contributed by atoms with Gasteiger partial charge in [-0.3, -0.25) is 0 Å². The smallest absolute Gasteiger partial charge is 0.317 e. The number of carbonyl (C=O) groups excluding carboxylic acids is 1. The van der Waals surface area contributed by atoms with Crippen LogP contribution in [0.25, 0.3) is 0 Å². The molecule has 2 rings (SSSR count). The minimum atomic E-state index is 0.0911. The van der Waals surface area contributed by atoms with Crippen molar-refractivity contribution >= 4 is 6.03 Å². The number of nitrogens with one attached hydrogen (secondary N) is 1. The Hall–Kier alpha value is -0.770. The largest absolute Gasteiger partial charge is 0.377 e. The molecule has 19 heavy (non-hydrogen) atoms. The van der Waals surface area contributed by atoms with E-state index in [1.54, 1.807) is 0 Å². The number of rotatable bonds is 3. The topological polar surface area (TPSA) is 41.6 Å². The van der Waals surface area contributed by atoms with Gasteiger partial charge >= 0.3 is 6.03 Å². The highest BCUT2D eigenvalue weighted by molar-refractivity contribution is 5.74. The second-order valence-corrected chi connectivity index (χ2v) is 6.10. The summed E-state index contributed by atoms with van der Waals surface area (Å²) < 4.78 is 5.36. The SMILES string of the molecule is CCC1CCC(CNC(=O)N2CCOCC2C)CC1. The summed E-state index contributed by atoms with van der Waals surface area (Å²) in [6, 6.07) is 0.290. The van der Waals surface area contributed by atoms with Crippen LogP contribution in [0.15, 0.2) is 0 Å². The highest BCUT2D eigenvalue weighted by Gasteiger charge is 2.25. The quantitative estimate of drug-likeness (QED) is 0.855. The number of carbonyl (C=O) groups is 1. The third-order valence-corrected chi connectivity index (χ3v) is 4.71. The van der Waals surface area contributed by atoms with Gasteiger partial charge in [-0.1, -0.05) is 26.2 Å². The van der Waals surface area contributed by atoms with Crippen LogP contribution in [0, 0.1) is 11.8 Å². The summed E-state index contributed by atoms with van der Waals surface area (Å²) in [5.41, 5.74) is 0. The highest BCUT2D eigenvalue weighted by Crippen LogP contribution is 2.30. The van der Waals surface area contributed by atoms with Gasteiger partial charge in [0.15, 0.2) is 0 Å². The fourth-order valence-electron chi connectivity index (χ4n) is 3.21. The molecular weight excluding hydrogens is 240 g/mol. The maximum absolute atomic E-state index is 12.1. The van der Waals surface area contributed by atoms with Crippen LogP contribution in [-0.4, -0.2) is 43.3 Å². The molecule has 4 heteroatoms. The van der Waals surface area contributed by atoms with E-state index in [4.69, 9.17) is 4.74 Å². The Bertz CT molecular complexity index is 288. The van der Waals surface area contributed by atoms with Crippen molar-refractivity contribution in [3.63, 3.8) is 0 Å². The maximum Gasteiger partial charge on any atom is 0.317 e. The first-order valence-electron chi connectivity index (χ1n) is 7.83. The molecule has 1 unspecified atom stereocenters. The monoisotopic (exact) mass is 268 g/mol. The Morgan fingerprint density at radius 2 is 1.95 bits per heavy atom. The van der Waals surface area contributed by atoms with E-state index in [1.165, 1.54) is 32.1 Å². The lowest BCUT2D eigenvalue weighted by Crippen LogP contribution is -2.52. The number of nitrogens with zero attached hydrogens (tertiary/aromatic N) is 1. The summed E-state index contributed by atoms with van der Waals surface area (Å²) in [5.74, 6) is 1.61. The number of hydrogen-bond acceptors (Lipinski definition) is 2. The molecule has 1 saturated carbocycles. The normalized spacial score (nSPS) is 32.1. The molecule has 0 bridgehead atoms. The number of hydrogen-bond donors (Lipinski definition) is 1. The van der Waals surface area contributed by atoms with Gasteiger partial charge in [-0.25, -0.2) is 4.79 Å². The van der Waals surface area contributed by atoms with E-state index in [0.29, 0.717) is 19.1 Å². The van der Waals surface area contributed by atoms with E-state index in [1.807, 2.05) is 11.8 Å². The molecular formula is C15H28N2O2. The Morgan fingerprint density at radius 1 is 1.26 bits per heavy atom. The third kappa shape index (κ3) is 4.10. The lowest BCUT2D eigenvalue weighted by molar-refractivity contribution is 0.0187. The third-order valence-electron chi connectivity index (χ3n) is 4.71. The van der Waals surface area contributed by atoms with Crippen molar-refractivity contribution in [1.29, 1.82) is 0 Å². The van der Waals surface area contributed by atoms with Crippen molar-refractivity contribution in [3.8, 4) is 0 Å². The van der Waals surface area contributed by atoms with Gasteiger partial charge in [0, 0.05) is 13.1 Å². The number of urea groups is 1. The van der Waals surface area contributed by atoms with Gasteiger partial charge in [-0.2, -0.15) is 0 Å². The van der Waals surface area contributed by atoms with Crippen LogP contribution < -0.4 is 5.32 Å². The molecule has 1 aliphatic heterocycles. The highest BCUT2D eigenvalue weighted by atomic mass is 16.5. The molecule has 2 fully saturated rings. The minimum Gasteiger partial charge on any atom is -0.377 e. The second kappa shape index (κ2) is 7.13. The molecule has 4 nitrogen and oxygen atoms in total. The predicted molar refractivity (Wildman–Crippen MR) is 76.1 cm³/mol. The molecule has 0 aromatic rings. The van der Waals surface area contributed by atoms with Crippen LogP contribution in [0.5, 0.6) is 0 Å². The van der Waals surface area contributed by atoms with Crippen molar-refractivity contribution in [2.45, 2.75) is 52.0 Å². The molecule has 110 valence electrons. The van der Waals surface area contributed by atoms with Crippen LogP contribution >= 0.6 is 0 Å². The second-order valence-electron chi connectivity index (χ2n) is 6.10. The predicted octanol–water partition coefficient (Wildman–Crippen LogP) is 2.63. The molecule has 1 heterocycles. The van der Waals surface area contributed by atoms with Crippen LogP contribution in [0.2, 0.25) is 0 Å². The van der Waals surface area contributed by atoms with Crippen molar-refractivity contribution in [2.75, 3.05) is 26.3 Å². The van der Waals surface area contributed by atoms with E-state index < -0.39 is 0 Å². The summed E-state index contributed by atoms with van der Waals surface area (Å²) in [4.78, 5) is 14.0. The van der Waals surface area contributed by atoms with E-state index in [9.17, 15) is 4.79 Å². The first kappa shape index (κ1) is 14.6. The van der Waals surface area contributed by atoms with Gasteiger partial charge in [-0.15, -0.1) is 0 Å². The van der Waals surface area contributed by atoms with Gasteiger partial charge < -0.3 is 15.0 Å². The maximum atomic E-state index is 12.1. The summed E-state index contributed by atoms with van der Waals surface area (Å²) in [6.45, 7) is 7.22. The van der Waals surface area contributed by atoms with E-state index in [0.717, 1.165) is 19.0 Å². The van der Waals surface area contributed by atoms with Crippen LogP contribution in [0.1, 0.15) is 46.0 Å². The van der Waals surface area contributed by atoms with Crippen molar-refractivity contribution in [3.05, 3.63) is 0 Å². The van der Waals surface area contributed by atoms with Crippen molar-refractivity contribution in [2.24, 2.45) is 11.8 Å². The lowest BCUT2D eigenvalue weighted by atomic mass is 9.81. The van der Waals surface area contributed by atoms with Crippen molar-refractivity contribution < 1.29 is 9.53 Å². The average molecular weight is 268 g/mol. The van der Waals surface area contributed by atoms with Crippen molar-refractivity contribution in [1.82, 2.24) is 10.2 Å². The lowest BCUT2D eigenvalue weighted by Gasteiger charge is -2.34. The Kier molecular flexibility index (Phi) is 5.49. The summed E-state index contributed by atoms with van der Waals surface area (Å²) in [7, 11) is 0. The molecule has 1 N–H and O–H groups in total. The zero-order valence-electron chi connectivity index (χ0n) is 12.4. The van der Waals surface area contributed by atoms with Gasteiger partial charge in [0.2, 0.25) is 0 Å². The molecule has 0 spiro atoms. The number of morpholine rings is 1. The number of amides is 2. The molecule has 1 atom stereocenters. The Morgan fingerprint density at radius 3 is 2.58 bits per heavy atom. The van der Waals surface area contributed by atoms with E-state index in [-0.39, 0.29) is 12.1 Å². The molecule has 0 radical (unpaired) electrons. The fourth-order valence-corrected chi connectivity index (χ4v) is 3.21. The Balaban J connectivity index is 1.69. The van der Waals surface area contributed by atoms with E-state index in [2.05, 4.69) is 12.2 Å². The van der Waals surface area contributed by atoms with Crippen LogP contribution in [0.3, 0.4) is 0 Å². The van der Waals surface area contributed by atoms with E-state index >= 15 is 0 Å². The molecule has 2 aliphatic rings. The standard InChI is InChI=1S/C15H28N2O2/c1-3-13-4-6-14(7-5-13)10-16-15(18)17-8-9-19-11-12(17)2/h12-14H,3-11H2,1-2H3,(H,16,18). The summed E-state index contributed by atoms with van der Waals surface area (Å²) >= 11 is 0. The van der Waals surface area contributed by atoms with Crippen LogP contribution in [-0.2, 0) is 4.74 Å². The van der Waals surface area contributed by atoms with Gasteiger partial charge in [0.05, 0.1) is 19.3 Å². The minimum absolute atomic E-state index is 0.0911. The molecule has 0 aromatic heterocycles. The first-order chi connectivity index (χ1) is 9.20. The molecule has 1 saturated heterocycles. The molecule has 1 aliphatic carbocycles. The average Bonchev–Trinajstić information content (AvgIpc) is 2.46. The molecule has 2 amide bonds. The van der Waals surface area contributed by atoms with Crippen LogP contribution in [0.4, 0.5) is 4.79 Å². The van der Waals surface area contributed by atoms with Gasteiger partial charge in [0.25, 0.3) is 0 Å². The first-order valence-corrected chi connectivity index (χ1v) is 7.83. The Labute approximate surface area is 116 Å². The fraction of sp³-hybridized carbons (Fsp3) is 0.933. The zero-order chi connectivity index (χ0) is 13.7. The summed E-state index contributed by atoms with van der Waals surface area (Å²) in [6.07, 6.45) is 6.54. The number of ether oxygens (including phenoxy) is 1. The summed E-state index contributed by atoms with van der Waals surface area (Å²) in [5, 5.41) is 3.12. The van der Waals surface area contributed by atoms with Gasteiger partial charge in [-0.05, 0) is 31.6 Å². The van der Waals surface area contributed by atoms with Gasteiger partial charge in [0.1, 0.15) is 0 Å².